The smallest absolute Gasteiger partial charge is 0.245 e. The van der Waals surface area contributed by atoms with Gasteiger partial charge in [0.1, 0.15) is 17.4 Å². The predicted molar refractivity (Wildman–Crippen MR) is 118 cm³/mol. The van der Waals surface area contributed by atoms with Crippen molar-refractivity contribution in [2.24, 2.45) is 0 Å². The van der Waals surface area contributed by atoms with Crippen molar-refractivity contribution in [3.05, 3.63) is 54.0 Å². The monoisotopic (exact) mass is 426 g/mol. The number of halogens is 1. The molecule has 0 spiro atoms. The molecule has 1 amide bonds. The van der Waals surface area contributed by atoms with E-state index in [-0.39, 0.29) is 17.8 Å². The van der Waals surface area contributed by atoms with Crippen molar-refractivity contribution in [1.29, 1.82) is 0 Å². The van der Waals surface area contributed by atoms with Crippen LogP contribution < -0.4 is 0 Å². The summed E-state index contributed by atoms with van der Waals surface area (Å²) >= 11 is 1.52. The molecule has 3 heterocycles. The van der Waals surface area contributed by atoms with Crippen molar-refractivity contribution in [2.45, 2.75) is 56.0 Å². The molecule has 2 aromatic heterocycles. The first kappa shape index (κ1) is 20.8. The minimum absolute atomic E-state index is 0.150. The van der Waals surface area contributed by atoms with Gasteiger partial charge in [-0.1, -0.05) is 43.7 Å². The Kier molecular flexibility index (Phi) is 6.67. The highest BCUT2D eigenvalue weighted by Crippen LogP contribution is 2.31. The molecule has 0 aliphatic carbocycles. The van der Waals surface area contributed by atoms with Crippen LogP contribution in [0.5, 0.6) is 0 Å². The number of pyridine rings is 1. The van der Waals surface area contributed by atoms with Gasteiger partial charge >= 0.3 is 0 Å². The van der Waals surface area contributed by atoms with E-state index in [0.717, 1.165) is 47.8 Å². The molecule has 0 radical (unpaired) electrons. The third kappa shape index (κ3) is 4.51. The van der Waals surface area contributed by atoms with Crippen molar-refractivity contribution < 1.29 is 9.18 Å². The quantitative estimate of drug-likeness (QED) is 0.507. The highest BCUT2D eigenvalue weighted by atomic mass is 32.2. The van der Waals surface area contributed by atoms with Crippen LogP contribution >= 0.6 is 11.8 Å². The van der Waals surface area contributed by atoms with Crippen molar-refractivity contribution in [3.63, 3.8) is 0 Å². The summed E-state index contributed by atoms with van der Waals surface area (Å²) in [6.45, 7) is 3.68. The number of hydrogen-bond acceptors (Lipinski definition) is 4. The molecule has 1 aliphatic rings. The Hall–Kier alpha value is -2.41. The second kappa shape index (κ2) is 9.60. The fraction of sp³-hybridized carbons (Fsp3) is 0.435. The van der Waals surface area contributed by atoms with Crippen molar-refractivity contribution in [2.75, 3.05) is 13.1 Å². The summed E-state index contributed by atoms with van der Waals surface area (Å²) < 4.78 is 15.6. The lowest BCUT2D eigenvalue weighted by Gasteiger charge is -2.27. The summed E-state index contributed by atoms with van der Waals surface area (Å²) in [4.78, 5) is 24.8. The SMILES string of the molecule is CC[C@H](C(=O)N1CCCCCC1)n1c(SCc2cccc(F)c2)nc2cccnc21. The van der Waals surface area contributed by atoms with E-state index in [1.807, 2.05) is 34.6 Å². The summed E-state index contributed by atoms with van der Waals surface area (Å²) in [5.41, 5.74) is 2.40. The average molecular weight is 427 g/mol. The van der Waals surface area contributed by atoms with Crippen LogP contribution in [0.1, 0.15) is 50.6 Å². The zero-order valence-corrected chi connectivity index (χ0v) is 18.1. The Morgan fingerprint density at radius 1 is 1.17 bits per heavy atom. The summed E-state index contributed by atoms with van der Waals surface area (Å²) in [5.74, 6) is 0.484. The Labute approximate surface area is 180 Å². The maximum Gasteiger partial charge on any atom is 0.245 e. The van der Waals surface area contributed by atoms with Crippen molar-refractivity contribution in [1.82, 2.24) is 19.4 Å². The van der Waals surface area contributed by atoms with Crippen LogP contribution in [-0.4, -0.2) is 38.4 Å². The fourth-order valence-electron chi connectivity index (χ4n) is 4.04. The zero-order chi connectivity index (χ0) is 20.9. The molecule has 1 atom stereocenters. The Morgan fingerprint density at radius 3 is 2.70 bits per heavy atom. The van der Waals surface area contributed by atoms with Crippen molar-refractivity contribution in [3.8, 4) is 0 Å². The average Bonchev–Trinajstić information content (AvgIpc) is 2.92. The van der Waals surface area contributed by atoms with Crippen LogP contribution in [0.2, 0.25) is 0 Å². The molecule has 3 aromatic rings. The van der Waals surface area contributed by atoms with Crippen LogP contribution in [0.3, 0.4) is 0 Å². The molecule has 0 bridgehead atoms. The topological polar surface area (TPSA) is 51.0 Å². The molecule has 0 saturated carbocycles. The van der Waals surface area contributed by atoms with Crippen LogP contribution in [-0.2, 0) is 10.5 Å². The minimum atomic E-state index is -0.335. The molecule has 1 saturated heterocycles. The summed E-state index contributed by atoms with van der Waals surface area (Å²) in [6.07, 6.45) is 6.91. The first-order valence-corrected chi connectivity index (χ1v) is 11.6. The number of imidazole rings is 1. The molecule has 0 unspecified atom stereocenters. The number of nitrogens with zero attached hydrogens (tertiary/aromatic N) is 4. The number of fused-ring (bicyclic) bond motifs is 1. The number of carbonyl (C=O) groups is 1. The number of carbonyl (C=O) groups excluding carboxylic acids is 1. The van der Waals surface area contributed by atoms with E-state index in [9.17, 15) is 9.18 Å². The van der Waals surface area contributed by atoms with Gasteiger partial charge in [-0.25, -0.2) is 14.4 Å². The van der Waals surface area contributed by atoms with Gasteiger partial charge in [-0.05, 0) is 49.1 Å². The zero-order valence-electron chi connectivity index (χ0n) is 17.3. The Morgan fingerprint density at radius 2 is 1.97 bits per heavy atom. The Balaban J connectivity index is 1.66. The first-order chi connectivity index (χ1) is 14.7. The molecule has 158 valence electrons. The minimum Gasteiger partial charge on any atom is -0.341 e. The van der Waals surface area contributed by atoms with Gasteiger partial charge in [0.25, 0.3) is 0 Å². The highest BCUT2D eigenvalue weighted by Gasteiger charge is 2.29. The molecule has 7 heteroatoms. The lowest BCUT2D eigenvalue weighted by atomic mass is 10.2. The van der Waals surface area contributed by atoms with E-state index in [1.54, 1.807) is 12.3 Å². The van der Waals surface area contributed by atoms with Gasteiger partial charge in [0.15, 0.2) is 10.8 Å². The predicted octanol–water partition coefficient (Wildman–Crippen LogP) is 5.22. The van der Waals surface area contributed by atoms with Gasteiger partial charge in [0.05, 0.1) is 0 Å². The van der Waals surface area contributed by atoms with E-state index >= 15 is 0 Å². The standard InChI is InChI=1S/C23H27FN4OS/c1-2-20(22(29)27-13-5-3-4-6-14-27)28-21-19(11-8-12-25-21)26-23(28)30-16-17-9-7-10-18(24)15-17/h7-12,15,20H,2-6,13-14,16H2,1H3/t20-/m1/s1. The van der Waals surface area contributed by atoms with Crippen LogP contribution in [0, 0.1) is 5.82 Å². The van der Waals surface area contributed by atoms with Gasteiger partial charge in [-0.3, -0.25) is 9.36 Å². The van der Waals surface area contributed by atoms with Crippen LogP contribution in [0.15, 0.2) is 47.8 Å². The number of likely N-dealkylation sites (tertiary alicyclic amines) is 1. The maximum atomic E-state index is 13.6. The number of rotatable bonds is 6. The third-order valence-electron chi connectivity index (χ3n) is 5.57. The normalized spacial score (nSPS) is 15.9. The molecule has 5 nitrogen and oxygen atoms in total. The molecule has 1 aliphatic heterocycles. The maximum absolute atomic E-state index is 13.6. The lowest BCUT2D eigenvalue weighted by molar-refractivity contribution is -0.135. The largest absolute Gasteiger partial charge is 0.341 e. The second-order valence-electron chi connectivity index (χ2n) is 7.69. The molecule has 0 N–H and O–H groups in total. The molecule has 4 rings (SSSR count). The van der Waals surface area contributed by atoms with Gasteiger partial charge < -0.3 is 4.90 Å². The van der Waals surface area contributed by atoms with Gasteiger partial charge in [-0.2, -0.15) is 0 Å². The van der Waals surface area contributed by atoms with E-state index < -0.39 is 0 Å². The van der Waals surface area contributed by atoms with Crippen LogP contribution in [0.4, 0.5) is 4.39 Å². The number of amides is 1. The number of aromatic nitrogens is 3. The third-order valence-corrected chi connectivity index (χ3v) is 6.60. The molecular formula is C23H27FN4OS. The summed E-state index contributed by atoms with van der Waals surface area (Å²) in [6, 6.07) is 10.1. The number of benzene rings is 1. The highest BCUT2D eigenvalue weighted by molar-refractivity contribution is 7.98. The van der Waals surface area contributed by atoms with Gasteiger partial charge in [0, 0.05) is 25.0 Å². The molecule has 30 heavy (non-hydrogen) atoms. The number of thioether (sulfide) groups is 1. The van der Waals surface area contributed by atoms with Gasteiger partial charge in [-0.15, -0.1) is 0 Å². The fourth-order valence-corrected chi connectivity index (χ4v) is 5.03. The van der Waals surface area contributed by atoms with E-state index in [1.165, 1.54) is 36.7 Å². The number of hydrogen-bond donors (Lipinski definition) is 0. The van der Waals surface area contributed by atoms with E-state index in [4.69, 9.17) is 4.98 Å². The van der Waals surface area contributed by atoms with E-state index in [2.05, 4.69) is 4.98 Å². The second-order valence-corrected chi connectivity index (χ2v) is 8.64. The van der Waals surface area contributed by atoms with Crippen molar-refractivity contribution >= 4 is 28.8 Å². The first-order valence-electron chi connectivity index (χ1n) is 10.7. The molecule has 1 fully saturated rings. The summed E-state index contributed by atoms with van der Waals surface area (Å²) in [5, 5.41) is 0.753. The van der Waals surface area contributed by atoms with E-state index in [0.29, 0.717) is 12.2 Å². The Bertz CT molecular complexity index is 1010. The van der Waals surface area contributed by atoms with Gasteiger partial charge in [0.2, 0.25) is 5.91 Å². The summed E-state index contributed by atoms with van der Waals surface area (Å²) in [7, 11) is 0. The molecular weight excluding hydrogens is 399 g/mol. The van der Waals surface area contributed by atoms with Crippen LogP contribution in [0.25, 0.3) is 11.2 Å². The lowest BCUT2D eigenvalue weighted by Crippen LogP contribution is -2.38. The molecule has 1 aromatic carbocycles.